The van der Waals surface area contributed by atoms with Crippen LogP contribution in [0.15, 0.2) is 72.8 Å². The first-order chi connectivity index (χ1) is 16.1. The van der Waals surface area contributed by atoms with Crippen molar-refractivity contribution in [1.82, 2.24) is 5.32 Å². The fraction of sp³-hybridized carbons (Fsp3) is 0.269. The monoisotopic (exact) mass is 584 g/mol. The zero-order valence-corrected chi connectivity index (χ0v) is 20.9. The van der Waals surface area contributed by atoms with E-state index in [1.165, 1.54) is 25.2 Å². The number of hydrogen-bond donors (Lipinski definition) is 1. The SMILES string of the molecule is CNC(=O)C(c1ccccc1)N(c1cc(C)ccc1F)[C@@H](I)CCc1ccc(C(F)(F)F)cc1. The van der Waals surface area contributed by atoms with Crippen LogP contribution in [0.4, 0.5) is 23.2 Å². The number of anilines is 1. The first-order valence-corrected chi connectivity index (χ1v) is 12.0. The average Bonchev–Trinajstić information content (AvgIpc) is 2.82. The van der Waals surface area contributed by atoms with Crippen LogP contribution in [0.5, 0.6) is 0 Å². The number of amides is 1. The summed E-state index contributed by atoms with van der Waals surface area (Å²) >= 11 is 2.17. The molecule has 8 heteroatoms. The highest BCUT2D eigenvalue weighted by Crippen LogP contribution is 2.36. The molecule has 0 fully saturated rings. The molecule has 3 aromatic rings. The minimum Gasteiger partial charge on any atom is -0.357 e. The summed E-state index contributed by atoms with van der Waals surface area (Å²) in [4.78, 5) is 14.8. The molecule has 1 unspecified atom stereocenters. The van der Waals surface area contributed by atoms with Crippen molar-refractivity contribution in [2.75, 3.05) is 11.9 Å². The molecule has 0 spiro atoms. The van der Waals surface area contributed by atoms with E-state index in [-0.39, 0.29) is 9.96 Å². The van der Waals surface area contributed by atoms with Gasteiger partial charge in [0.05, 0.1) is 15.3 Å². The fourth-order valence-electron chi connectivity index (χ4n) is 3.77. The standard InChI is InChI=1S/C26H25F4IN2O/c1-17-8-14-21(27)22(16-17)33(24(25(34)32-2)19-6-4-3-5-7-19)23(31)15-11-18-9-12-20(13-10-18)26(28,29)30/h3-10,12-14,16,23-24H,11,15H2,1-2H3,(H,32,34)/t23-,24?/m1/s1. The molecule has 0 bridgehead atoms. The van der Waals surface area contributed by atoms with E-state index >= 15 is 4.39 Å². The summed E-state index contributed by atoms with van der Waals surface area (Å²) in [6.45, 7) is 1.85. The molecule has 0 aliphatic carbocycles. The van der Waals surface area contributed by atoms with E-state index in [1.54, 1.807) is 17.0 Å². The number of nitrogens with one attached hydrogen (secondary N) is 1. The van der Waals surface area contributed by atoms with Crippen molar-refractivity contribution in [3.63, 3.8) is 0 Å². The summed E-state index contributed by atoms with van der Waals surface area (Å²) in [5.74, 6) is -0.741. The number of carbonyl (C=O) groups is 1. The number of rotatable bonds is 8. The molecule has 0 aliphatic rings. The zero-order valence-electron chi connectivity index (χ0n) is 18.7. The Balaban J connectivity index is 1.96. The number of alkyl halides is 4. The van der Waals surface area contributed by atoms with Gasteiger partial charge in [0.1, 0.15) is 11.9 Å². The highest BCUT2D eigenvalue weighted by Gasteiger charge is 2.33. The Morgan fingerprint density at radius 2 is 1.68 bits per heavy atom. The van der Waals surface area contributed by atoms with Crippen molar-refractivity contribution in [3.8, 4) is 0 Å². The van der Waals surface area contributed by atoms with Gasteiger partial charge in [0, 0.05) is 7.05 Å². The predicted molar refractivity (Wildman–Crippen MR) is 134 cm³/mol. The molecular formula is C26H25F4IN2O. The second-order valence-electron chi connectivity index (χ2n) is 7.96. The lowest BCUT2D eigenvalue weighted by Crippen LogP contribution is -2.43. The molecule has 0 saturated heterocycles. The van der Waals surface area contributed by atoms with Gasteiger partial charge < -0.3 is 10.2 Å². The van der Waals surface area contributed by atoms with Gasteiger partial charge in [-0.15, -0.1) is 0 Å². The first kappa shape index (κ1) is 26.0. The molecule has 0 aliphatic heterocycles. The lowest BCUT2D eigenvalue weighted by Gasteiger charge is -2.37. The third kappa shape index (κ3) is 6.28. The lowest BCUT2D eigenvalue weighted by atomic mass is 10.0. The molecule has 0 radical (unpaired) electrons. The number of aryl methyl sites for hydroxylation is 2. The van der Waals surface area contributed by atoms with E-state index in [0.717, 1.165) is 23.3 Å². The van der Waals surface area contributed by atoms with Gasteiger partial charge in [0.15, 0.2) is 0 Å². The summed E-state index contributed by atoms with van der Waals surface area (Å²) < 4.78 is 53.4. The van der Waals surface area contributed by atoms with Crippen LogP contribution in [0.25, 0.3) is 0 Å². The number of carbonyl (C=O) groups excluding carboxylic acids is 1. The van der Waals surface area contributed by atoms with E-state index in [2.05, 4.69) is 27.9 Å². The molecule has 34 heavy (non-hydrogen) atoms. The topological polar surface area (TPSA) is 32.3 Å². The summed E-state index contributed by atoms with van der Waals surface area (Å²) in [7, 11) is 1.54. The molecule has 3 rings (SSSR count). The Bertz CT molecular complexity index is 1100. The van der Waals surface area contributed by atoms with Crippen LogP contribution in [-0.2, 0) is 17.4 Å². The van der Waals surface area contributed by atoms with Gasteiger partial charge >= 0.3 is 6.18 Å². The number of hydrogen-bond acceptors (Lipinski definition) is 2. The molecule has 0 heterocycles. The highest BCUT2D eigenvalue weighted by atomic mass is 127. The van der Waals surface area contributed by atoms with Gasteiger partial charge in [-0.05, 0) is 60.7 Å². The smallest absolute Gasteiger partial charge is 0.357 e. The minimum atomic E-state index is -4.39. The first-order valence-electron chi connectivity index (χ1n) is 10.7. The summed E-state index contributed by atoms with van der Waals surface area (Å²) in [6, 6.07) is 18.1. The lowest BCUT2D eigenvalue weighted by molar-refractivity contribution is -0.137. The quantitative estimate of drug-likeness (QED) is 0.136. The van der Waals surface area contributed by atoms with Gasteiger partial charge in [0.2, 0.25) is 5.91 Å². The third-order valence-corrected chi connectivity index (χ3v) is 6.75. The van der Waals surface area contributed by atoms with Crippen molar-refractivity contribution in [3.05, 3.63) is 101 Å². The van der Waals surface area contributed by atoms with E-state index in [1.807, 2.05) is 37.3 Å². The maximum Gasteiger partial charge on any atom is 0.416 e. The molecule has 1 amide bonds. The minimum absolute atomic E-state index is 0.289. The van der Waals surface area contributed by atoms with Crippen LogP contribution in [0.3, 0.4) is 0 Å². The second-order valence-corrected chi connectivity index (χ2v) is 9.40. The van der Waals surface area contributed by atoms with Gasteiger partial charge in [0.25, 0.3) is 0 Å². The van der Waals surface area contributed by atoms with Crippen LogP contribution < -0.4 is 10.2 Å². The zero-order chi connectivity index (χ0) is 24.9. The van der Waals surface area contributed by atoms with E-state index in [4.69, 9.17) is 0 Å². The van der Waals surface area contributed by atoms with Crippen molar-refractivity contribution < 1.29 is 22.4 Å². The Morgan fingerprint density at radius 1 is 1.03 bits per heavy atom. The third-order valence-electron chi connectivity index (χ3n) is 5.52. The van der Waals surface area contributed by atoms with Crippen LogP contribution in [-0.4, -0.2) is 17.0 Å². The Kier molecular flexibility index (Phi) is 8.57. The van der Waals surface area contributed by atoms with Gasteiger partial charge in [-0.1, -0.05) is 71.1 Å². The van der Waals surface area contributed by atoms with Crippen LogP contribution in [0.2, 0.25) is 0 Å². The Labute approximate surface area is 210 Å². The summed E-state index contributed by atoms with van der Waals surface area (Å²) in [5, 5.41) is 2.68. The number of halogens is 5. The maximum absolute atomic E-state index is 15.1. The van der Waals surface area contributed by atoms with Crippen LogP contribution in [0.1, 0.15) is 34.7 Å². The molecule has 0 saturated carbocycles. The van der Waals surface area contributed by atoms with Gasteiger partial charge in [-0.3, -0.25) is 4.79 Å². The molecule has 3 aromatic carbocycles. The highest BCUT2D eigenvalue weighted by molar-refractivity contribution is 14.1. The van der Waals surface area contributed by atoms with Gasteiger partial charge in [-0.2, -0.15) is 13.2 Å². The predicted octanol–water partition coefficient (Wildman–Crippen LogP) is 6.84. The number of likely N-dealkylation sites (N-methyl/N-ethyl adjacent to an activating group) is 1. The maximum atomic E-state index is 15.1. The molecule has 2 atom stereocenters. The molecular weight excluding hydrogens is 559 g/mol. The van der Waals surface area contributed by atoms with Crippen molar-refractivity contribution in [2.24, 2.45) is 0 Å². The molecule has 180 valence electrons. The average molecular weight is 584 g/mol. The van der Waals surface area contributed by atoms with Crippen molar-refractivity contribution >= 4 is 34.2 Å². The Morgan fingerprint density at radius 3 is 2.26 bits per heavy atom. The molecule has 0 aromatic heterocycles. The second kappa shape index (κ2) is 11.2. The van der Waals surface area contributed by atoms with Crippen molar-refractivity contribution in [1.29, 1.82) is 0 Å². The largest absolute Gasteiger partial charge is 0.416 e. The normalized spacial score (nSPS) is 13.3. The number of benzene rings is 3. The van der Waals surface area contributed by atoms with Crippen LogP contribution >= 0.6 is 22.6 Å². The van der Waals surface area contributed by atoms with E-state index in [9.17, 15) is 18.0 Å². The summed E-state index contributed by atoms with van der Waals surface area (Å²) in [6.07, 6.45) is -3.44. The number of nitrogens with zero attached hydrogens (tertiary/aromatic N) is 1. The fourth-order valence-corrected chi connectivity index (χ4v) is 4.70. The van der Waals surface area contributed by atoms with Gasteiger partial charge in [-0.25, -0.2) is 4.39 Å². The van der Waals surface area contributed by atoms with Crippen LogP contribution in [0, 0.1) is 12.7 Å². The van der Waals surface area contributed by atoms with E-state index in [0.29, 0.717) is 24.1 Å². The summed E-state index contributed by atoms with van der Waals surface area (Å²) in [5.41, 5.74) is 1.88. The molecule has 3 nitrogen and oxygen atoms in total. The van der Waals surface area contributed by atoms with Crippen molar-refractivity contribution in [2.45, 2.75) is 36.0 Å². The van der Waals surface area contributed by atoms with E-state index < -0.39 is 23.6 Å². The Hall–Kier alpha value is -2.62. The molecule has 1 N–H and O–H groups in total.